The Hall–Kier alpha value is -2.96. The first-order valence-electron chi connectivity index (χ1n) is 11.4. The molecule has 0 bridgehead atoms. The molecule has 35 heavy (non-hydrogen) atoms. The maximum Gasteiger partial charge on any atom is 0.387 e. The number of hydrogen-bond donors (Lipinski definition) is 2. The lowest BCUT2D eigenvalue weighted by Gasteiger charge is -2.33. The molecule has 2 aliphatic rings. The number of piperidine rings is 1. The molecule has 1 saturated heterocycles. The van der Waals surface area contributed by atoms with E-state index in [0.29, 0.717) is 39.0 Å². The topological polar surface area (TPSA) is 110 Å². The van der Waals surface area contributed by atoms with Crippen LogP contribution in [-0.2, 0) is 4.79 Å². The molecular weight excluding hydrogens is 474 g/mol. The molecule has 2 atom stereocenters. The molecule has 2 aromatic rings. The van der Waals surface area contributed by atoms with Gasteiger partial charge in [0.1, 0.15) is 5.65 Å². The van der Waals surface area contributed by atoms with Crippen LogP contribution in [0.5, 0.6) is 5.75 Å². The number of alkyl halides is 4. The number of aliphatic hydroxyl groups is 1. The molecule has 2 N–H and O–H groups in total. The summed E-state index contributed by atoms with van der Waals surface area (Å²) in [5.74, 6) is -5.06. The average Bonchev–Trinajstić information content (AvgIpc) is 3.12. The number of ether oxygens (including phenoxy) is 1. The minimum absolute atomic E-state index is 0.136. The highest BCUT2D eigenvalue weighted by Gasteiger charge is 2.40. The van der Waals surface area contributed by atoms with Crippen molar-refractivity contribution < 1.29 is 32.2 Å². The Morgan fingerprint density at radius 3 is 2.57 bits per heavy atom. The smallest absolute Gasteiger partial charge is 0.387 e. The molecule has 13 heteroatoms. The maximum absolute atomic E-state index is 13.3. The van der Waals surface area contributed by atoms with Gasteiger partial charge in [0.2, 0.25) is 5.95 Å². The number of amides is 1. The van der Waals surface area contributed by atoms with Gasteiger partial charge in [0, 0.05) is 37.6 Å². The number of nitrogens with zero attached hydrogens (tertiary/aromatic N) is 4. The molecule has 9 nitrogen and oxygen atoms in total. The van der Waals surface area contributed by atoms with Crippen LogP contribution >= 0.6 is 0 Å². The highest BCUT2D eigenvalue weighted by atomic mass is 19.3. The van der Waals surface area contributed by atoms with Crippen LogP contribution in [0.15, 0.2) is 17.1 Å². The van der Waals surface area contributed by atoms with Gasteiger partial charge in [0.15, 0.2) is 5.75 Å². The minimum Gasteiger partial charge on any atom is -0.429 e. The standard InChI is InChI=1S/C22H27F4N5O4/c1-21(34)7-3-4-15(21)31-16-12(10-14(17(31)32)35-19(23)24)11-27-20(29-16)28-13-5-8-30(9-6-13)18(33)22(2,25)26/h10-11,13,15,19,34H,3-9H2,1-2H3,(H,27,28,29)/t15-,21-/m1/s1. The molecule has 1 aliphatic heterocycles. The summed E-state index contributed by atoms with van der Waals surface area (Å²) in [5, 5.41) is 14.2. The van der Waals surface area contributed by atoms with Crippen LogP contribution in [-0.4, -0.2) is 67.7 Å². The van der Waals surface area contributed by atoms with Crippen molar-refractivity contribution in [2.45, 2.75) is 76.2 Å². The molecule has 3 heterocycles. The van der Waals surface area contributed by atoms with E-state index in [1.165, 1.54) is 10.8 Å². The number of halogens is 4. The van der Waals surface area contributed by atoms with Crippen LogP contribution in [0.1, 0.15) is 52.0 Å². The number of fused-ring (bicyclic) bond motifs is 1. The van der Waals surface area contributed by atoms with E-state index in [9.17, 15) is 32.3 Å². The number of aromatic nitrogens is 3. The summed E-state index contributed by atoms with van der Waals surface area (Å²) in [6.07, 6.45) is 3.63. The molecule has 2 fully saturated rings. The summed E-state index contributed by atoms with van der Waals surface area (Å²) in [4.78, 5) is 34.6. The summed E-state index contributed by atoms with van der Waals surface area (Å²) < 4.78 is 58.1. The van der Waals surface area contributed by atoms with Gasteiger partial charge in [-0.25, -0.2) is 4.98 Å². The molecule has 4 rings (SSSR count). The molecule has 1 amide bonds. The molecule has 0 spiro atoms. The monoisotopic (exact) mass is 501 g/mol. The van der Waals surface area contributed by atoms with E-state index in [4.69, 9.17) is 0 Å². The highest BCUT2D eigenvalue weighted by Crippen LogP contribution is 2.40. The first-order chi connectivity index (χ1) is 16.4. The largest absolute Gasteiger partial charge is 0.429 e. The predicted octanol–water partition coefficient (Wildman–Crippen LogP) is 2.93. The van der Waals surface area contributed by atoms with Crippen LogP contribution in [0, 0.1) is 0 Å². The molecule has 1 aliphatic carbocycles. The minimum atomic E-state index is -3.43. The number of hydrogen-bond acceptors (Lipinski definition) is 7. The van der Waals surface area contributed by atoms with Gasteiger partial charge in [-0.1, -0.05) is 0 Å². The molecule has 0 aromatic carbocycles. The number of likely N-dealkylation sites (tertiary alicyclic amines) is 1. The normalized spacial score (nSPS) is 23.8. The van der Waals surface area contributed by atoms with Gasteiger partial charge >= 0.3 is 12.5 Å². The van der Waals surface area contributed by atoms with Gasteiger partial charge in [-0.05, 0) is 45.1 Å². The number of carbonyl (C=O) groups is 1. The Bertz CT molecular complexity index is 1160. The van der Waals surface area contributed by atoms with Crippen molar-refractivity contribution in [2.75, 3.05) is 18.4 Å². The van der Waals surface area contributed by atoms with Crippen LogP contribution in [0.2, 0.25) is 0 Å². The van der Waals surface area contributed by atoms with Gasteiger partial charge in [-0.15, -0.1) is 0 Å². The second-order valence-electron chi connectivity index (χ2n) is 9.40. The van der Waals surface area contributed by atoms with Crippen molar-refractivity contribution in [1.29, 1.82) is 0 Å². The fourth-order valence-electron chi connectivity index (χ4n) is 4.86. The third kappa shape index (κ3) is 5.19. The quantitative estimate of drug-likeness (QED) is 0.586. The van der Waals surface area contributed by atoms with E-state index < -0.39 is 41.4 Å². The second-order valence-corrected chi connectivity index (χ2v) is 9.40. The van der Waals surface area contributed by atoms with Gasteiger partial charge in [-0.3, -0.25) is 14.2 Å². The number of anilines is 1. The Morgan fingerprint density at radius 2 is 2.00 bits per heavy atom. The van der Waals surface area contributed by atoms with Crippen LogP contribution < -0.4 is 15.6 Å². The van der Waals surface area contributed by atoms with Crippen LogP contribution in [0.25, 0.3) is 11.0 Å². The summed E-state index contributed by atoms with van der Waals surface area (Å²) in [5.41, 5.74) is -1.93. The fourth-order valence-corrected chi connectivity index (χ4v) is 4.86. The Balaban J connectivity index is 1.63. The van der Waals surface area contributed by atoms with E-state index in [2.05, 4.69) is 20.0 Å². The lowest BCUT2D eigenvalue weighted by Crippen LogP contribution is -2.48. The fraction of sp³-hybridized carbons (Fsp3) is 0.636. The Morgan fingerprint density at radius 1 is 1.31 bits per heavy atom. The summed E-state index contributed by atoms with van der Waals surface area (Å²) in [6, 6.07) is 0.229. The third-order valence-corrected chi connectivity index (χ3v) is 6.64. The van der Waals surface area contributed by atoms with E-state index >= 15 is 0 Å². The van der Waals surface area contributed by atoms with Crippen molar-refractivity contribution in [3.63, 3.8) is 0 Å². The summed E-state index contributed by atoms with van der Waals surface area (Å²) in [7, 11) is 0. The van der Waals surface area contributed by atoms with E-state index in [-0.39, 0.29) is 36.1 Å². The third-order valence-electron chi connectivity index (χ3n) is 6.64. The maximum atomic E-state index is 13.3. The zero-order chi connectivity index (χ0) is 25.5. The summed E-state index contributed by atoms with van der Waals surface area (Å²) >= 11 is 0. The van der Waals surface area contributed by atoms with Crippen molar-refractivity contribution in [1.82, 2.24) is 19.4 Å². The zero-order valence-corrected chi connectivity index (χ0v) is 19.3. The zero-order valence-electron chi connectivity index (χ0n) is 19.3. The van der Waals surface area contributed by atoms with Crippen molar-refractivity contribution >= 4 is 22.9 Å². The SMILES string of the molecule is CC(F)(F)C(=O)N1CCC(Nc2ncc3cc(OC(F)F)c(=O)n([C@@H]4CCC[C@@]4(C)O)c3n2)CC1. The van der Waals surface area contributed by atoms with Crippen molar-refractivity contribution in [2.24, 2.45) is 0 Å². The second kappa shape index (κ2) is 9.25. The van der Waals surface area contributed by atoms with Gasteiger partial charge in [-0.2, -0.15) is 22.5 Å². The van der Waals surface area contributed by atoms with Gasteiger partial charge < -0.3 is 20.1 Å². The molecule has 2 aromatic heterocycles. The number of pyridine rings is 1. The molecule has 0 unspecified atom stereocenters. The Kier molecular flexibility index (Phi) is 6.64. The first kappa shape index (κ1) is 25.1. The van der Waals surface area contributed by atoms with Crippen molar-refractivity contribution in [3.8, 4) is 5.75 Å². The number of carbonyl (C=O) groups excluding carboxylic acids is 1. The molecule has 192 valence electrons. The van der Waals surface area contributed by atoms with Gasteiger partial charge in [0.05, 0.1) is 11.6 Å². The first-order valence-corrected chi connectivity index (χ1v) is 11.4. The lowest BCUT2D eigenvalue weighted by atomic mass is 10.00. The van der Waals surface area contributed by atoms with E-state index in [1.54, 1.807) is 6.92 Å². The predicted molar refractivity (Wildman–Crippen MR) is 118 cm³/mol. The molecule has 1 saturated carbocycles. The Labute approximate surface area is 198 Å². The number of rotatable bonds is 6. The highest BCUT2D eigenvalue weighted by molar-refractivity contribution is 5.83. The molecule has 0 radical (unpaired) electrons. The van der Waals surface area contributed by atoms with E-state index in [1.807, 2.05) is 0 Å². The van der Waals surface area contributed by atoms with E-state index in [0.717, 1.165) is 11.0 Å². The summed E-state index contributed by atoms with van der Waals surface area (Å²) in [6.45, 7) is -0.778. The molecular formula is C22H27F4N5O4. The van der Waals surface area contributed by atoms with Crippen molar-refractivity contribution in [3.05, 3.63) is 22.6 Å². The van der Waals surface area contributed by atoms with Crippen LogP contribution in [0.4, 0.5) is 23.5 Å². The average molecular weight is 501 g/mol. The van der Waals surface area contributed by atoms with Crippen LogP contribution in [0.3, 0.4) is 0 Å². The number of nitrogens with one attached hydrogen (secondary N) is 1. The lowest BCUT2D eigenvalue weighted by molar-refractivity contribution is -0.155. The van der Waals surface area contributed by atoms with Gasteiger partial charge in [0.25, 0.3) is 11.5 Å².